The van der Waals surface area contributed by atoms with Crippen molar-refractivity contribution in [2.75, 3.05) is 11.1 Å². The van der Waals surface area contributed by atoms with Gasteiger partial charge in [0.05, 0.1) is 17.2 Å². The van der Waals surface area contributed by atoms with E-state index in [9.17, 15) is 9.90 Å². The van der Waals surface area contributed by atoms with E-state index in [1.54, 1.807) is 24.3 Å². The fourth-order valence-electron chi connectivity index (χ4n) is 5.14. The fourth-order valence-corrected chi connectivity index (χ4v) is 5.30. The van der Waals surface area contributed by atoms with Gasteiger partial charge >= 0.3 is 5.97 Å². The predicted molar refractivity (Wildman–Crippen MR) is 123 cm³/mol. The number of hydrogen-bond donors (Lipinski definition) is 4. The molecule has 0 saturated heterocycles. The molecule has 3 aromatic rings. The number of fused-ring (bicyclic) bond motifs is 3. The first-order valence-corrected chi connectivity index (χ1v) is 11.2. The van der Waals surface area contributed by atoms with Crippen molar-refractivity contribution in [3.8, 4) is 11.5 Å². The van der Waals surface area contributed by atoms with Crippen LogP contribution < -0.4 is 11.1 Å². The van der Waals surface area contributed by atoms with Gasteiger partial charge in [-0.1, -0.05) is 11.6 Å². The zero-order valence-corrected chi connectivity index (χ0v) is 18.4. The molecule has 0 spiro atoms. The van der Waals surface area contributed by atoms with Crippen molar-refractivity contribution >= 4 is 34.9 Å². The Morgan fingerprint density at radius 1 is 1.21 bits per heavy atom. The minimum Gasteiger partial charge on any atom is -0.481 e. The molecular weight excluding hydrogens is 444 g/mol. The van der Waals surface area contributed by atoms with E-state index >= 15 is 0 Å². The van der Waals surface area contributed by atoms with Crippen molar-refractivity contribution in [1.29, 1.82) is 5.41 Å². The number of furan rings is 1. The van der Waals surface area contributed by atoms with Gasteiger partial charge in [-0.15, -0.1) is 0 Å². The van der Waals surface area contributed by atoms with Crippen LogP contribution in [-0.4, -0.2) is 37.8 Å². The molecule has 9 nitrogen and oxygen atoms in total. The quantitative estimate of drug-likeness (QED) is 0.396. The molecule has 10 heteroatoms. The Kier molecular flexibility index (Phi) is 5.49. The number of aromatic nitrogens is 3. The SMILES string of the molecule is N=C(c1nc(NC2C3CCC(CC3)C2C(=O)O)cc(-c2ccco2)n1)c1cc(Cl)cnc1N. The van der Waals surface area contributed by atoms with E-state index in [0.29, 0.717) is 27.9 Å². The lowest BCUT2D eigenvalue weighted by atomic mass is 9.61. The summed E-state index contributed by atoms with van der Waals surface area (Å²) in [5.74, 6) is 0.347. The molecule has 0 aliphatic heterocycles. The van der Waals surface area contributed by atoms with E-state index in [2.05, 4.69) is 20.3 Å². The highest BCUT2D eigenvalue weighted by molar-refractivity contribution is 6.31. The van der Waals surface area contributed by atoms with Gasteiger partial charge in [-0.25, -0.2) is 15.0 Å². The van der Waals surface area contributed by atoms with Crippen molar-refractivity contribution < 1.29 is 14.3 Å². The largest absolute Gasteiger partial charge is 0.481 e. The van der Waals surface area contributed by atoms with Crippen LogP contribution >= 0.6 is 11.6 Å². The molecule has 6 rings (SSSR count). The molecule has 0 radical (unpaired) electrons. The second-order valence-electron chi connectivity index (χ2n) is 8.61. The third-order valence-corrected chi connectivity index (χ3v) is 6.90. The minimum atomic E-state index is -0.784. The summed E-state index contributed by atoms with van der Waals surface area (Å²) in [7, 11) is 0. The Balaban J connectivity index is 1.55. The van der Waals surface area contributed by atoms with Crippen molar-refractivity contribution in [1.82, 2.24) is 15.0 Å². The Bertz CT molecular complexity index is 1210. The highest BCUT2D eigenvalue weighted by Crippen LogP contribution is 2.46. The molecule has 5 N–H and O–H groups in total. The third kappa shape index (κ3) is 4.04. The Hall–Kier alpha value is -3.46. The zero-order valence-electron chi connectivity index (χ0n) is 17.7. The molecule has 2 unspecified atom stereocenters. The van der Waals surface area contributed by atoms with Crippen LogP contribution in [0.3, 0.4) is 0 Å². The van der Waals surface area contributed by atoms with Crippen molar-refractivity contribution in [3.05, 3.63) is 53.1 Å². The first-order valence-electron chi connectivity index (χ1n) is 10.8. The summed E-state index contributed by atoms with van der Waals surface area (Å²) < 4.78 is 5.52. The van der Waals surface area contributed by atoms with Crippen LogP contribution in [0, 0.1) is 23.2 Å². The van der Waals surface area contributed by atoms with E-state index in [4.69, 9.17) is 27.2 Å². The fraction of sp³-hybridized carbons (Fsp3) is 0.348. The molecule has 3 aromatic heterocycles. The van der Waals surface area contributed by atoms with E-state index in [1.165, 1.54) is 12.5 Å². The highest BCUT2D eigenvalue weighted by Gasteiger charge is 2.47. The number of halogens is 1. The molecule has 3 fully saturated rings. The normalized spacial score (nSPS) is 23.9. The summed E-state index contributed by atoms with van der Waals surface area (Å²) in [6.45, 7) is 0. The topological polar surface area (TPSA) is 151 Å². The minimum absolute atomic E-state index is 0.0427. The summed E-state index contributed by atoms with van der Waals surface area (Å²) in [6.07, 6.45) is 6.82. The zero-order chi connectivity index (χ0) is 23.1. The van der Waals surface area contributed by atoms with Crippen molar-refractivity contribution in [2.45, 2.75) is 31.7 Å². The molecule has 0 aromatic carbocycles. The average Bonchev–Trinajstić information content (AvgIpc) is 3.36. The first kappa shape index (κ1) is 21.4. The molecule has 2 bridgehead atoms. The predicted octanol–water partition coefficient (Wildman–Crippen LogP) is 4.08. The average molecular weight is 467 g/mol. The van der Waals surface area contributed by atoms with Crippen molar-refractivity contribution in [2.24, 2.45) is 17.8 Å². The van der Waals surface area contributed by atoms with Gasteiger partial charge in [-0.2, -0.15) is 0 Å². The molecule has 170 valence electrons. The molecule has 3 aliphatic carbocycles. The molecule has 2 atom stereocenters. The summed E-state index contributed by atoms with van der Waals surface area (Å²) in [6, 6.07) is 6.53. The number of hydrogen-bond acceptors (Lipinski definition) is 8. The van der Waals surface area contributed by atoms with E-state index in [-0.39, 0.29) is 35.2 Å². The lowest BCUT2D eigenvalue weighted by molar-refractivity contribution is -0.148. The molecule has 3 aliphatic rings. The molecule has 0 amide bonds. The second-order valence-corrected chi connectivity index (χ2v) is 9.05. The number of nitrogens with two attached hydrogens (primary N) is 1. The summed E-state index contributed by atoms with van der Waals surface area (Å²) in [4.78, 5) is 25.2. The number of nitrogens with zero attached hydrogens (tertiary/aromatic N) is 3. The van der Waals surface area contributed by atoms with E-state index < -0.39 is 11.9 Å². The van der Waals surface area contributed by atoms with Crippen LogP contribution in [0.2, 0.25) is 5.02 Å². The maximum absolute atomic E-state index is 12.1. The van der Waals surface area contributed by atoms with Crippen LogP contribution in [0.1, 0.15) is 37.1 Å². The third-order valence-electron chi connectivity index (χ3n) is 6.70. The summed E-state index contributed by atoms with van der Waals surface area (Å²) in [5.41, 5.74) is 6.71. The number of nitrogen functional groups attached to an aromatic ring is 1. The van der Waals surface area contributed by atoms with Crippen LogP contribution in [0.5, 0.6) is 0 Å². The number of anilines is 2. The van der Waals surface area contributed by atoms with E-state index in [0.717, 1.165) is 25.7 Å². The molecular formula is C23H23ClN6O3. The van der Waals surface area contributed by atoms with Gasteiger partial charge in [0, 0.05) is 23.9 Å². The number of carbonyl (C=O) groups is 1. The lowest BCUT2D eigenvalue weighted by Gasteiger charge is -2.47. The number of pyridine rings is 1. The highest BCUT2D eigenvalue weighted by atomic mass is 35.5. The van der Waals surface area contributed by atoms with Crippen molar-refractivity contribution in [3.63, 3.8) is 0 Å². The molecule has 3 saturated carbocycles. The lowest BCUT2D eigenvalue weighted by Crippen LogP contribution is -2.51. The van der Waals surface area contributed by atoms with Crippen LogP contribution in [-0.2, 0) is 4.79 Å². The Morgan fingerprint density at radius 2 is 1.97 bits per heavy atom. The number of rotatable bonds is 6. The summed E-state index contributed by atoms with van der Waals surface area (Å²) in [5, 5.41) is 22.3. The van der Waals surface area contributed by atoms with Gasteiger partial charge in [0.15, 0.2) is 11.6 Å². The summed E-state index contributed by atoms with van der Waals surface area (Å²) >= 11 is 6.06. The van der Waals surface area contributed by atoms with Crippen LogP contribution in [0.4, 0.5) is 11.6 Å². The second kappa shape index (κ2) is 8.47. The van der Waals surface area contributed by atoms with Gasteiger partial charge in [-0.05, 0) is 55.7 Å². The number of nitrogens with one attached hydrogen (secondary N) is 2. The maximum atomic E-state index is 12.1. The monoisotopic (exact) mass is 466 g/mol. The van der Waals surface area contributed by atoms with Gasteiger partial charge in [-0.3, -0.25) is 10.2 Å². The van der Waals surface area contributed by atoms with E-state index in [1.807, 2.05) is 0 Å². The smallest absolute Gasteiger partial charge is 0.308 e. The Morgan fingerprint density at radius 3 is 2.67 bits per heavy atom. The van der Waals surface area contributed by atoms with Gasteiger partial charge in [0.2, 0.25) is 0 Å². The number of aliphatic carboxylic acids is 1. The van der Waals surface area contributed by atoms with Gasteiger partial charge in [0.25, 0.3) is 0 Å². The van der Waals surface area contributed by atoms with Gasteiger partial charge in [0.1, 0.15) is 23.0 Å². The number of carboxylic acids is 1. The maximum Gasteiger partial charge on any atom is 0.308 e. The standard InChI is InChI=1S/C23H23ClN6O3/c24-13-8-14(21(26)27-10-13)19(25)22-28-15(16-2-1-7-33-16)9-17(30-22)29-20-12-5-3-11(4-6-12)18(20)23(31)32/h1-2,7-12,18,20,25H,3-6H2,(H2,26,27)(H,31,32)(H,28,29,30). The van der Waals surface area contributed by atoms with Gasteiger partial charge < -0.3 is 20.6 Å². The first-order chi connectivity index (χ1) is 15.9. The number of carboxylic acid groups (broad SMARTS) is 1. The molecule has 3 heterocycles. The molecule has 33 heavy (non-hydrogen) atoms. The van der Waals surface area contributed by atoms with Crippen LogP contribution in [0.15, 0.2) is 41.1 Å². The van der Waals surface area contributed by atoms with Crippen LogP contribution in [0.25, 0.3) is 11.5 Å². The Labute approximate surface area is 194 Å².